The number of alkyl halides is 1. The molecule has 0 amide bonds. The Labute approximate surface area is 65.3 Å². The molecule has 0 spiro atoms. The number of methoxy groups -OCH3 is 1. The highest BCUT2D eigenvalue weighted by molar-refractivity contribution is 6.18. The van der Waals surface area contributed by atoms with E-state index in [0.29, 0.717) is 12.3 Å². The molecule has 3 nitrogen and oxygen atoms in total. The Morgan fingerprint density at radius 2 is 2.30 bits per heavy atom. The molecule has 0 aliphatic rings. The molecule has 0 aromatic rings. The smallest absolute Gasteiger partial charge is 0.438 e. The molecule has 0 saturated carbocycles. The summed E-state index contributed by atoms with van der Waals surface area (Å²) in [6.45, 7) is 1.88. The molecule has 0 radical (unpaired) electrons. The normalized spacial score (nSPS) is 12.3. The Morgan fingerprint density at radius 3 is 2.60 bits per heavy atom. The number of rotatable bonds is 3. The lowest BCUT2D eigenvalue weighted by atomic mass is 10.3. The van der Waals surface area contributed by atoms with Crippen LogP contribution in [-0.2, 0) is 9.47 Å². The molecule has 1 unspecified atom stereocenters. The van der Waals surface area contributed by atoms with E-state index in [9.17, 15) is 4.79 Å². The van der Waals surface area contributed by atoms with Crippen LogP contribution < -0.4 is 0 Å². The zero-order chi connectivity index (χ0) is 7.98. The molecule has 0 N–H and O–H groups in total. The first-order chi connectivity index (χ1) is 4.74. The first-order valence-electron chi connectivity index (χ1n) is 3.05. The van der Waals surface area contributed by atoms with Crippen LogP contribution in [0.1, 0.15) is 13.3 Å². The summed E-state index contributed by atoms with van der Waals surface area (Å²) in [5, 5.41) is 0. The molecule has 0 aromatic carbocycles. The van der Waals surface area contributed by atoms with Crippen LogP contribution in [0.5, 0.6) is 0 Å². The summed E-state index contributed by atoms with van der Waals surface area (Å²) in [5.74, 6) is 0.311. The van der Waals surface area contributed by atoms with Crippen molar-refractivity contribution in [3.05, 3.63) is 0 Å². The fraction of sp³-hybridized carbons (Fsp3) is 0.833. The highest BCUT2D eigenvalue weighted by Gasteiger charge is 2.09. The maximum Gasteiger partial charge on any atom is 0.508 e. The van der Waals surface area contributed by atoms with Crippen molar-refractivity contribution in [2.75, 3.05) is 13.0 Å². The lowest BCUT2D eigenvalue weighted by molar-refractivity contribution is 0.0434. The summed E-state index contributed by atoms with van der Waals surface area (Å²) in [7, 11) is 1.27. The van der Waals surface area contributed by atoms with Gasteiger partial charge >= 0.3 is 6.16 Å². The van der Waals surface area contributed by atoms with Gasteiger partial charge in [-0.3, -0.25) is 0 Å². The van der Waals surface area contributed by atoms with E-state index in [2.05, 4.69) is 4.74 Å². The van der Waals surface area contributed by atoms with Gasteiger partial charge in [-0.15, -0.1) is 11.6 Å². The third-order valence-corrected chi connectivity index (χ3v) is 1.40. The standard InChI is InChI=1S/C6H11ClO3/c1-3-5(4-7)10-6(8)9-2/h5H,3-4H2,1-2H3. The molecule has 1 atom stereocenters. The summed E-state index contributed by atoms with van der Waals surface area (Å²) < 4.78 is 8.97. The first kappa shape index (κ1) is 9.56. The van der Waals surface area contributed by atoms with Crippen LogP contribution in [0.4, 0.5) is 4.79 Å². The van der Waals surface area contributed by atoms with Crippen molar-refractivity contribution in [1.29, 1.82) is 0 Å². The molecule has 0 aromatic heterocycles. The summed E-state index contributed by atoms with van der Waals surface area (Å²) >= 11 is 5.44. The van der Waals surface area contributed by atoms with Gasteiger partial charge in [0.25, 0.3) is 0 Å². The second-order valence-electron chi connectivity index (χ2n) is 1.76. The van der Waals surface area contributed by atoms with Crippen LogP contribution in [0.3, 0.4) is 0 Å². The maximum absolute atomic E-state index is 10.4. The number of hydrogen-bond donors (Lipinski definition) is 0. The molecule has 0 rings (SSSR count). The summed E-state index contributed by atoms with van der Waals surface area (Å²) in [6, 6.07) is 0. The fourth-order valence-electron chi connectivity index (χ4n) is 0.408. The molecule has 0 heterocycles. The van der Waals surface area contributed by atoms with Crippen LogP contribution in [0.15, 0.2) is 0 Å². The number of hydrogen-bond acceptors (Lipinski definition) is 3. The van der Waals surface area contributed by atoms with Crippen LogP contribution in [0.2, 0.25) is 0 Å². The van der Waals surface area contributed by atoms with Gasteiger partial charge in [-0.05, 0) is 6.42 Å². The lowest BCUT2D eigenvalue weighted by Crippen LogP contribution is -2.18. The predicted octanol–water partition coefficient (Wildman–Crippen LogP) is 1.79. The molecule has 0 saturated heterocycles. The second-order valence-corrected chi connectivity index (χ2v) is 2.07. The third kappa shape index (κ3) is 3.56. The lowest BCUT2D eigenvalue weighted by Gasteiger charge is -2.10. The van der Waals surface area contributed by atoms with E-state index < -0.39 is 6.16 Å². The van der Waals surface area contributed by atoms with E-state index in [0.717, 1.165) is 0 Å². The van der Waals surface area contributed by atoms with E-state index in [1.165, 1.54) is 7.11 Å². The van der Waals surface area contributed by atoms with Crippen LogP contribution in [0, 0.1) is 0 Å². The summed E-state index contributed by atoms with van der Waals surface area (Å²) in [5.41, 5.74) is 0. The van der Waals surface area contributed by atoms with Gasteiger partial charge in [-0.1, -0.05) is 6.92 Å². The van der Waals surface area contributed by atoms with E-state index in [4.69, 9.17) is 16.3 Å². The van der Waals surface area contributed by atoms with E-state index in [1.807, 2.05) is 6.92 Å². The van der Waals surface area contributed by atoms with Crippen LogP contribution in [-0.4, -0.2) is 25.2 Å². The van der Waals surface area contributed by atoms with Crippen molar-refractivity contribution in [1.82, 2.24) is 0 Å². The van der Waals surface area contributed by atoms with Gasteiger partial charge in [-0.25, -0.2) is 4.79 Å². The minimum Gasteiger partial charge on any atom is -0.438 e. The van der Waals surface area contributed by atoms with Gasteiger partial charge in [0.1, 0.15) is 6.10 Å². The Hall–Kier alpha value is -0.440. The second kappa shape index (κ2) is 5.35. The van der Waals surface area contributed by atoms with Crippen molar-refractivity contribution in [3.63, 3.8) is 0 Å². The predicted molar refractivity (Wildman–Crippen MR) is 38.3 cm³/mol. The van der Waals surface area contributed by atoms with Crippen LogP contribution >= 0.6 is 11.6 Å². The van der Waals surface area contributed by atoms with Gasteiger partial charge in [0.05, 0.1) is 13.0 Å². The molecule has 60 valence electrons. The molecule has 4 heteroatoms. The Balaban J connectivity index is 3.52. The molecular weight excluding hydrogens is 156 g/mol. The Morgan fingerprint density at radius 1 is 1.70 bits per heavy atom. The largest absolute Gasteiger partial charge is 0.508 e. The van der Waals surface area contributed by atoms with Crippen LogP contribution in [0.25, 0.3) is 0 Å². The third-order valence-electron chi connectivity index (χ3n) is 1.06. The molecule has 0 aliphatic carbocycles. The molecule has 0 fully saturated rings. The van der Waals surface area contributed by atoms with Gasteiger partial charge in [0, 0.05) is 0 Å². The van der Waals surface area contributed by atoms with Crippen molar-refractivity contribution in [3.8, 4) is 0 Å². The molecule has 0 bridgehead atoms. The SMILES string of the molecule is CCC(CCl)OC(=O)OC. The number of halogens is 1. The van der Waals surface area contributed by atoms with Crippen molar-refractivity contribution < 1.29 is 14.3 Å². The number of carbonyl (C=O) groups excluding carboxylic acids is 1. The molecule has 10 heavy (non-hydrogen) atoms. The summed E-state index contributed by atoms with van der Waals surface area (Å²) in [6.07, 6.45) is -0.194. The zero-order valence-corrected chi connectivity index (χ0v) is 6.85. The molecular formula is C6H11ClO3. The molecule has 0 aliphatic heterocycles. The summed E-state index contributed by atoms with van der Waals surface area (Å²) in [4.78, 5) is 10.4. The Kier molecular flexibility index (Phi) is 5.12. The Bertz CT molecular complexity index is 101. The van der Waals surface area contributed by atoms with E-state index in [-0.39, 0.29) is 6.10 Å². The van der Waals surface area contributed by atoms with E-state index >= 15 is 0 Å². The minimum atomic E-state index is -0.674. The zero-order valence-electron chi connectivity index (χ0n) is 6.09. The number of ether oxygens (including phenoxy) is 2. The average Bonchev–Trinajstić information content (AvgIpc) is 1.99. The highest BCUT2D eigenvalue weighted by atomic mass is 35.5. The minimum absolute atomic E-state index is 0.228. The van der Waals surface area contributed by atoms with Crippen molar-refractivity contribution >= 4 is 17.8 Å². The van der Waals surface area contributed by atoms with Gasteiger partial charge in [-0.2, -0.15) is 0 Å². The van der Waals surface area contributed by atoms with Crippen molar-refractivity contribution in [2.45, 2.75) is 19.4 Å². The van der Waals surface area contributed by atoms with Crippen molar-refractivity contribution in [2.24, 2.45) is 0 Å². The average molecular weight is 167 g/mol. The number of carbonyl (C=O) groups is 1. The topological polar surface area (TPSA) is 35.5 Å². The highest BCUT2D eigenvalue weighted by Crippen LogP contribution is 2.01. The fourth-order valence-corrected chi connectivity index (χ4v) is 0.689. The van der Waals surface area contributed by atoms with Gasteiger partial charge in [0.15, 0.2) is 0 Å². The monoisotopic (exact) mass is 166 g/mol. The van der Waals surface area contributed by atoms with Gasteiger partial charge in [0.2, 0.25) is 0 Å². The first-order valence-corrected chi connectivity index (χ1v) is 3.58. The quantitative estimate of drug-likeness (QED) is 0.474. The van der Waals surface area contributed by atoms with E-state index in [1.54, 1.807) is 0 Å². The van der Waals surface area contributed by atoms with Gasteiger partial charge < -0.3 is 9.47 Å². The maximum atomic E-state index is 10.4.